The summed E-state index contributed by atoms with van der Waals surface area (Å²) in [5.74, 6) is 12.9. The van der Waals surface area contributed by atoms with Crippen LogP contribution < -0.4 is 5.46 Å². The van der Waals surface area contributed by atoms with Crippen LogP contribution in [-0.4, -0.2) is 7.85 Å². The van der Waals surface area contributed by atoms with Gasteiger partial charge in [0.15, 0.2) is 0 Å². The van der Waals surface area contributed by atoms with Gasteiger partial charge in [-0.3, -0.25) is 0 Å². The molecule has 0 aliphatic carbocycles. The number of halogens is 1. The highest BCUT2D eigenvalue weighted by Crippen LogP contribution is 2.09. The maximum absolute atomic E-state index is 3.43. The Labute approximate surface area is 149 Å². The van der Waals surface area contributed by atoms with E-state index in [1.54, 1.807) is 0 Å². The zero-order chi connectivity index (χ0) is 16.3. The number of rotatable bonds is 4. The second kappa shape index (κ2) is 9.99. The standard InChI is InChI=1S/C21H20BBr/c22-20-14-10-18(11-15-20)8-6-4-2-1-3-5-7-9-19-12-16-21(23)17-13-19/h10-17H,1-5,22H2. The van der Waals surface area contributed by atoms with Crippen molar-refractivity contribution in [2.24, 2.45) is 0 Å². The van der Waals surface area contributed by atoms with Crippen molar-refractivity contribution in [3.8, 4) is 23.7 Å². The molecule has 0 N–H and O–H groups in total. The normalized spacial score (nSPS) is 9.43. The first-order valence-corrected chi connectivity index (χ1v) is 8.83. The Bertz CT molecular complexity index is 656. The predicted octanol–water partition coefficient (Wildman–Crippen LogP) is 4.06. The van der Waals surface area contributed by atoms with E-state index < -0.39 is 0 Å². The molecule has 0 amide bonds. The summed E-state index contributed by atoms with van der Waals surface area (Å²) in [6.07, 6.45) is 5.42. The van der Waals surface area contributed by atoms with E-state index in [1.165, 1.54) is 11.9 Å². The molecule has 0 nitrogen and oxygen atoms in total. The van der Waals surface area contributed by atoms with Gasteiger partial charge in [0.1, 0.15) is 7.85 Å². The van der Waals surface area contributed by atoms with Crippen LogP contribution in [0.15, 0.2) is 53.0 Å². The average Bonchev–Trinajstić information content (AvgIpc) is 2.56. The summed E-state index contributed by atoms with van der Waals surface area (Å²) in [6.45, 7) is 0. The first kappa shape index (κ1) is 17.5. The van der Waals surface area contributed by atoms with E-state index in [1.807, 2.05) is 24.3 Å². The number of hydrogen-bond acceptors (Lipinski definition) is 0. The molecule has 0 unspecified atom stereocenters. The van der Waals surface area contributed by atoms with Crippen LogP contribution >= 0.6 is 15.9 Å². The van der Waals surface area contributed by atoms with E-state index in [9.17, 15) is 0 Å². The fraction of sp³-hybridized carbons (Fsp3) is 0.238. The summed E-state index contributed by atoms with van der Waals surface area (Å²) in [5.41, 5.74) is 3.47. The average molecular weight is 363 g/mol. The lowest BCUT2D eigenvalue weighted by atomic mass is 9.95. The first-order chi connectivity index (χ1) is 11.2. The minimum atomic E-state index is 0.960. The van der Waals surface area contributed by atoms with E-state index in [4.69, 9.17) is 0 Å². The molecule has 2 aromatic rings. The molecule has 0 fully saturated rings. The molecule has 2 aromatic carbocycles. The maximum Gasteiger partial charge on any atom is 0.139 e. The zero-order valence-corrected chi connectivity index (χ0v) is 15.1. The second-order valence-corrected chi connectivity index (χ2v) is 6.45. The Hall–Kier alpha value is -1.90. The van der Waals surface area contributed by atoms with Crippen LogP contribution in [0.3, 0.4) is 0 Å². The van der Waals surface area contributed by atoms with Gasteiger partial charge in [-0.05, 0) is 49.2 Å². The summed E-state index contributed by atoms with van der Waals surface area (Å²) in [7, 11) is 2.09. The van der Waals surface area contributed by atoms with Crippen LogP contribution in [0.25, 0.3) is 0 Å². The van der Waals surface area contributed by atoms with Gasteiger partial charge in [0.05, 0.1) is 0 Å². The van der Waals surface area contributed by atoms with Crippen LogP contribution in [0, 0.1) is 23.7 Å². The molecular weight excluding hydrogens is 343 g/mol. The van der Waals surface area contributed by atoms with Gasteiger partial charge in [-0.1, -0.05) is 63.6 Å². The van der Waals surface area contributed by atoms with E-state index >= 15 is 0 Å². The highest BCUT2D eigenvalue weighted by Gasteiger charge is 1.89. The molecule has 0 heterocycles. The molecule has 0 atom stereocenters. The topological polar surface area (TPSA) is 0 Å². The molecule has 0 saturated heterocycles. The SMILES string of the molecule is Bc1ccc(C#CCCCCCC#Cc2ccc(Br)cc2)cc1. The summed E-state index contributed by atoms with van der Waals surface area (Å²) in [5, 5.41) is 0. The molecule has 0 aliphatic heterocycles. The smallest absolute Gasteiger partial charge is 0.0979 e. The molecule has 0 aromatic heterocycles. The van der Waals surface area contributed by atoms with Gasteiger partial charge >= 0.3 is 0 Å². The van der Waals surface area contributed by atoms with Crippen LogP contribution in [-0.2, 0) is 0 Å². The molecule has 0 bridgehead atoms. The van der Waals surface area contributed by atoms with Crippen LogP contribution in [0.2, 0.25) is 0 Å². The van der Waals surface area contributed by atoms with E-state index in [2.05, 4.69) is 71.7 Å². The lowest BCUT2D eigenvalue weighted by molar-refractivity contribution is 0.709. The van der Waals surface area contributed by atoms with Crippen molar-refractivity contribution in [3.05, 3.63) is 64.1 Å². The zero-order valence-electron chi connectivity index (χ0n) is 13.5. The Morgan fingerprint density at radius 3 is 1.70 bits per heavy atom. The van der Waals surface area contributed by atoms with Crippen LogP contribution in [0.4, 0.5) is 0 Å². The quantitative estimate of drug-likeness (QED) is 0.437. The minimum Gasteiger partial charge on any atom is -0.0979 e. The fourth-order valence-corrected chi connectivity index (χ4v) is 2.37. The van der Waals surface area contributed by atoms with E-state index in [0.717, 1.165) is 41.3 Å². The molecule has 0 radical (unpaired) electrons. The summed E-state index contributed by atoms with van der Waals surface area (Å²) in [4.78, 5) is 0. The van der Waals surface area contributed by atoms with Crippen molar-refractivity contribution in [1.82, 2.24) is 0 Å². The van der Waals surface area contributed by atoms with Gasteiger partial charge < -0.3 is 0 Å². The van der Waals surface area contributed by atoms with Gasteiger partial charge in [0, 0.05) is 28.4 Å². The Morgan fingerprint density at radius 1 is 0.696 bits per heavy atom. The van der Waals surface area contributed by atoms with Gasteiger partial charge in [-0.15, -0.1) is 0 Å². The van der Waals surface area contributed by atoms with Gasteiger partial charge in [0.2, 0.25) is 0 Å². The van der Waals surface area contributed by atoms with Gasteiger partial charge in [0.25, 0.3) is 0 Å². The second-order valence-electron chi connectivity index (χ2n) is 5.54. The van der Waals surface area contributed by atoms with Crippen molar-refractivity contribution < 1.29 is 0 Å². The van der Waals surface area contributed by atoms with Crippen LogP contribution in [0.5, 0.6) is 0 Å². The third kappa shape index (κ3) is 7.27. The maximum atomic E-state index is 3.43. The van der Waals surface area contributed by atoms with Crippen molar-refractivity contribution in [2.75, 3.05) is 0 Å². The molecule has 0 aliphatic rings. The van der Waals surface area contributed by atoms with Crippen molar-refractivity contribution in [2.45, 2.75) is 32.1 Å². The van der Waals surface area contributed by atoms with Crippen molar-refractivity contribution >= 4 is 29.2 Å². The number of unbranched alkanes of at least 4 members (excludes halogenated alkanes) is 4. The predicted molar refractivity (Wildman–Crippen MR) is 106 cm³/mol. The summed E-state index contributed by atoms with van der Waals surface area (Å²) in [6, 6.07) is 16.5. The Balaban J connectivity index is 1.60. The summed E-state index contributed by atoms with van der Waals surface area (Å²) >= 11 is 3.43. The van der Waals surface area contributed by atoms with Crippen LogP contribution in [0.1, 0.15) is 43.2 Å². The Kier molecular flexibility index (Phi) is 7.58. The van der Waals surface area contributed by atoms with Gasteiger partial charge in [-0.25, -0.2) is 0 Å². The minimum absolute atomic E-state index is 0.960. The third-order valence-corrected chi connectivity index (χ3v) is 3.99. The first-order valence-electron chi connectivity index (χ1n) is 8.04. The van der Waals surface area contributed by atoms with Gasteiger partial charge in [-0.2, -0.15) is 0 Å². The monoisotopic (exact) mass is 362 g/mol. The molecule has 2 rings (SSSR count). The highest BCUT2D eigenvalue weighted by molar-refractivity contribution is 9.10. The molecule has 114 valence electrons. The highest BCUT2D eigenvalue weighted by atomic mass is 79.9. The largest absolute Gasteiger partial charge is 0.139 e. The summed E-state index contributed by atoms with van der Waals surface area (Å²) < 4.78 is 1.09. The Morgan fingerprint density at radius 2 is 1.17 bits per heavy atom. The molecule has 0 saturated carbocycles. The number of hydrogen-bond donors (Lipinski definition) is 0. The lowest BCUT2D eigenvalue weighted by Gasteiger charge is -1.94. The lowest BCUT2D eigenvalue weighted by Crippen LogP contribution is -1.99. The molecule has 0 spiro atoms. The third-order valence-electron chi connectivity index (χ3n) is 3.46. The fourth-order valence-electron chi connectivity index (χ4n) is 2.10. The molecular formula is C21H20BBr. The van der Waals surface area contributed by atoms with Crippen molar-refractivity contribution in [3.63, 3.8) is 0 Å². The molecule has 23 heavy (non-hydrogen) atoms. The van der Waals surface area contributed by atoms with E-state index in [0.29, 0.717) is 0 Å². The molecule has 2 heteroatoms. The van der Waals surface area contributed by atoms with Crippen molar-refractivity contribution in [1.29, 1.82) is 0 Å². The number of benzene rings is 2. The van der Waals surface area contributed by atoms with E-state index in [-0.39, 0.29) is 0 Å².